The minimum absolute atomic E-state index is 0.0435. The molecule has 3 rings (SSSR count). The van der Waals surface area contributed by atoms with Crippen molar-refractivity contribution < 1.29 is 4.79 Å². The van der Waals surface area contributed by atoms with Gasteiger partial charge in [0.1, 0.15) is 0 Å². The molecule has 5 nitrogen and oxygen atoms in total. The minimum Gasteiger partial charge on any atom is -0.322 e. The molecule has 1 aliphatic heterocycles. The summed E-state index contributed by atoms with van der Waals surface area (Å²) >= 11 is 0. The monoisotopic (exact) mass is 312 g/mol. The van der Waals surface area contributed by atoms with Gasteiger partial charge in [-0.2, -0.15) is 5.26 Å². The summed E-state index contributed by atoms with van der Waals surface area (Å²) in [5, 5.41) is 11.7. The number of urea groups is 1. The zero-order valence-electron chi connectivity index (χ0n) is 13.5. The van der Waals surface area contributed by atoms with Crippen LogP contribution in [-0.2, 0) is 0 Å². The molecule has 2 aliphatic rings. The van der Waals surface area contributed by atoms with E-state index in [4.69, 9.17) is 5.26 Å². The molecule has 1 saturated carbocycles. The molecule has 0 aromatic heterocycles. The van der Waals surface area contributed by atoms with Gasteiger partial charge in [-0.15, -0.1) is 0 Å². The number of hydrogen-bond acceptors (Lipinski definition) is 3. The van der Waals surface area contributed by atoms with E-state index in [0.717, 1.165) is 37.9 Å². The van der Waals surface area contributed by atoms with Gasteiger partial charge in [0.05, 0.1) is 11.6 Å². The molecule has 23 heavy (non-hydrogen) atoms. The second kappa shape index (κ2) is 7.47. The highest BCUT2D eigenvalue weighted by Gasteiger charge is 2.26. The van der Waals surface area contributed by atoms with Crippen LogP contribution in [-0.4, -0.2) is 48.1 Å². The van der Waals surface area contributed by atoms with Crippen LogP contribution < -0.4 is 5.32 Å². The molecule has 122 valence electrons. The van der Waals surface area contributed by atoms with Crippen molar-refractivity contribution in [3.8, 4) is 6.07 Å². The van der Waals surface area contributed by atoms with Crippen LogP contribution in [0.15, 0.2) is 24.3 Å². The van der Waals surface area contributed by atoms with Crippen LogP contribution in [0.4, 0.5) is 10.5 Å². The zero-order chi connectivity index (χ0) is 16.1. The van der Waals surface area contributed by atoms with Crippen LogP contribution in [0.2, 0.25) is 0 Å². The lowest BCUT2D eigenvalue weighted by molar-refractivity contribution is 0.0943. The third-order valence-electron chi connectivity index (χ3n) is 4.96. The standard InChI is InChI=1S/C18H24N4O/c19-14-15-6-8-16(9-7-15)20-18(23)22-12-10-21(11-13-22)17-4-2-1-3-5-17/h6-9,17H,1-5,10-13H2,(H,20,23). The molecular weight excluding hydrogens is 288 g/mol. The average Bonchev–Trinajstić information content (AvgIpc) is 2.63. The topological polar surface area (TPSA) is 59.4 Å². The molecule has 0 bridgehead atoms. The molecule has 1 aromatic carbocycles. The maximum absolute atomic E-state index is 12.3. The van der Waals surface area contributed by atoms with Crippen molar-refractivity contribution in [2.75, 3.05) is 31.5 Å². The van der Waals surface area contributed by atoms with Crippen LogP contribution in [0.25, 0.3) is 0 Å². The molecule has 1 saturated heterocycles. The Morgan fingerprint density at radius 2 is 1.70 bits per heavy atom. The Morgan fingerprint density at radius 1 is 1.04 bits per heavy atom. The molecule has 0 radical (unpaired) electrons. The predicted molar refractivity (Wildman–Crippen MR) is 90.2 cm³/mol. The van der Waals surface area contributed by atoms with Crippen molar-refractivity contribution in [1.29, 1.82) is 5.26 Å². The van der Waals surface area contributed by atoms with Gasteiger partial charge in [-0.25, -0.2) is 4.79 Å². The Bertz CT molecular complexity index is 564. The zero-order valence-corrected chi connectivity index (χ0v) is 13.5. The van der Waals surface area contributed by atoms with Gasteiger partial charge in [0.25, 0.3) is 0 Å². The van der Waals surface area contributed by atoms with Crippen LogP contribution in [0.5, 0.6) is 0 Å². The maximum Gasteiger partial charge on any atom is 0.321 e. The Hall–Kier alpha value is -2.06. The first-order valence-electron chi connectivity index (χ1n) is 8.56. The summed E-state index contributed by atoms with van der Waals surface area (Å²) in [5.41, 5.74) is 1.34. The van der Waals surface area contributed by atoms with Crippen molar-refractivity contribution in [2.45, 2.75) is 38.1 Å². The number of nitrogens with one attached hydrogen (secondary N) is 1. The fourth-order valence-corrected chi connectivity index (χ4v) is 3.57. The van der Waals surface area contributed by atoms with E-state index in [0.29, 0.717) is 5.56 Å². The third-order valence-corrected chi connectivity index (χ3v) is 4.96. The molecule has 0 unspecified atom stereocenters. The van der Waals surface area contributed by atoms with E-state index < -0.39 is 0 Å². The first kappa shape index (κ1) is 15.8. The van der Waals surface area contributed by atoms with Crippen molar-refractivity contribution in [3.63, 3.8) is 0 Å². The van der Waals surface area contributed by atoms with Crippen LogP contribution in [0.3, 0.4) is 0 Å². The predicted octanol–water partition coefficient (Wildman–Crippen LogP) is 3.04. The van der Waals surface area contributed by atoms with Gasteiger partial charge in [-0.3, -0.25) is 4.90 Å². The number of hydrogen-bond donors (Lipinski definition) is 1. The van der Waals surface area contributed by atoms with E-state index in [1.807, 2.05) is 4.90 Å². The van der Waals surface area contributed by atoms with Crippen molar-refractivity contribution >= 4 is 11.7 Å². The number of rotatable bonds is 2. The second-order valence-corrected chi connectivity index (χ2v) is 6.43. The highest BCUT2D eigenvalue weighted by Crippen LogP contribution is 2.23. The summed E-state index contributed by atoms with van der Waals surface area (Å²) in [6.07, 6.45) is 6.71. The first-order valence-corrected chi connectivity index (χ1v) is 8.56. The highest BCUT2D eigenvalue weighted by molar-refractivity contribution is 5.89. The number of nitriles is 1. The maximum atomic E-state index is 12.3. The van der Waals surface area contributed by atoms with Crippen molar-refractivity contribution in [2.24, 2.45) is 0 Å². The minimum atomic E-state index is -0.0435. The van der Waals surface area contributed by atoms with Gasteiger partial charge < -0.3 is 10.2 Å². The summed E-state index contributed by atoms with van der Waals surface area (Å²) in [6.45, 7) is 3.54. The number of piperazine rings is 1. The Kier molecular flexibility index (Phi) is 5.14. The number of benzene rings is 1. The van der Waals surface area contributed by atoms with Gasteiger partial charge in [-0.05, 0) is 37.1 Å². The smallest absolute Gasteiger partial charge is 0.321 e. The van der Waals surface area contributed by atoms with Gasteiger partial charge in [0.15, 0.2) is 0 Å². The number of anilines is 1. The van der Waals surface area contributed by atoms with Crippen LogP contribution in [0.1, 0.15) is 37.7 Å². The molecule has 0 spiro atoms. The van der Waals surface area contributed by atoms with E-state index in [1.165, 1.54) is 32.1 Å². The van der Waals surface area contributed by atoms with E-state index >= 15 is 0 Å². The average molecular weight is 312 g/mol. The summed E-state index contributed by atoms with van der Waals surface area (Å²) in [7, 11) is 0. The summed E-state index contributed by atoms with van der Waals surface area (Å²) in [5.74, 6) is 0. The van der Waals surface area contributed by atoms with Crippen molar-refractivity contribution in [3.05, 3.63) is 29.8 Å². The van der Waals surface area contributed by atoms with E-state index in [1.54, 1.807) is 24.3 Å². The van der Waals surface area contributed by atoms with Crippen molar-refractivity contribution in [1.82, 2.24) is 9.80 Å². The molecule has 1 heterocycles. The molecule has 1 aliphatic carbocycles. The van der Waals surface area contributed by atoms with E-state index in [-0.39, 0.29) is 6.03 Å². The lowest BCUT2D eigenvalue weighted by atomic mass is 9.94. The normalized spacial score (nSPS) is 20.0. The lowest BCUT2D eigenvalue weighted by Crippen LogP contribution is -2.53. The van der Waals surface area contributed by atoms with Gasteiger partial charge >= 0.3 is 6.03 Å². The SMILES string of the molecule is N#Cc1ccc(NC(=O)N2CCN(C3CCCCC3)CC2)cc1. The lowest BCUT2D eigenvalue weighted by Gasteiger charge is -2.40. The fraction of sp³-hybridized carbons (Fsp3) is 0.556. The Balaban J connectivity index is 1.48. The fourth-order valence-electron chi connectivity index (χ4n) is 3.57. The largest absolute Gasteiger partial charge is 0.322 e. The first-order chi connectivity index (χ1) is 11.3. The molecule has 1 aromatic rings. The quantitative estimate of drug-likeness (QED) is 0.913. The summed E-state index contributed by atoms with van der Waals surface area (Å²) in [4.78, 5) is 16.8. The molecular formula is C18H24N4O. The highest BCUT2D eigenvalue weighted by atomic mass is 16.2. The molecule has 1 N–H and O–H groups in total. The second-order valence-electron chi connectivity index (χ2n) is 6.43. The summed E-state index contributed by atoms with van der Waals surface area (Å²) in [6, 6.07) is 9.75. The Labute approximate surface area is 137 Å². The van der Waals surface area contributed by atoms with Gasteiger partial charge in [0.2, 0.25) is 0 Å². The van der Waals surface area contributed by atoms with Gasteiger partial charge in [0, 0.05) is 37.9 Å². The summed E-state index contributed by atoms with van der Waals surface area (Å²) < 4.78 is 0. The number of carbonyl (C=O) groups is 1. The molecule has 2 amide bonds. The molecule has 0 atom stereocenters. The van der Waals surface area contributed by atoms with Crippen LogP contribution >= 0.6 is 0 Å². The van der Waals surface area contributed by atoms with Gasteiger partial charge in [-0.1, -0.05) is 19.3 Å². The van der Waals surface area contributed by atoms with E-state index in [2.05, 4.69) is 16.3 Å². The Morgan fingerprint density at radius 3 is 2.30 bits per heavy atom. The molecule has 5 heteroatoms. The molecule has 2 fully saturated rings. The van der Waals surface area contributed by atoms with Crippen LogP contribution in [0, 0.1) is 11.3 Å². The number of amides is 2. The number of nitrogens with zero attached hydrogens (tertiary/aromatic N) is 3. The third kappa shape index (κ3) is 4.02. The number of carbonyl (C=O) groups excluding carboxylic acids is 1. The van der Waals surface area contributed by atoms with E-state index in [9.17, 15) is 4.79 Å².